The molecule has 1 aliphatic rings. The number of rotatable bonds is 5. The van der Waals surface area contributed by atoms with Crippen molar-refractivity contribution in [3.63, 3.8) is 0 Å². The zero-order valence-corrected chi connectivity index (χ0v) is 13.0. The van der Waals surface area contributed by atoms with Gasteiger partial charge in [0.2, 0.25) is 0 Å². The van der Waals surface area contributed by atoms with Crippen LogP contribution in [0.25, 0.3) is 10.2 Å². The molecule has 0 aliphatic heterocycles. The number of hydrogen-bond donors (Lipinski definition) is 2. The topological polar surface area (TPSA) is 94.3 Å². The van der Waals surface area contributed by atoms with Gasteiger partial charge in [0.15, 0.2) is 0 Å². The van der Waals surface area contributed by atoms with Crippen molar-refractivity contribution in [2.75, 3.05) is 13.7 Å². The number of pyridine rings is 1. The van der Waals surface area contributed by atoms with E-state index in [1.54, 1.807) is 12.3 Å². The number of carbonyl (C=O) groups excluding carboxylic acids is 2. The molecule has 2 aromatic heterocycles. The second-order valence-electron chi connectivity index (χ2n) is 5.34. The number of ether oxygens (including phenoxy) is 1. The third kappa shape index (κ3) is 2.95. The Morgan fingerprint density at radius 2 is 2.32 bits per heavy atom. The molecule has 1 unspecified atom stereocenters. The van der Waals surface area contributed by atoms with Crippen LogP contribution in [0.2, 0.25) is 0 Å². The molecular formula is C15H17N3O3S. The smallest absolute Gasteiger partial charge is 0.324 e. The molecule has 0 spiro atoms. The van der Waals surface area contributed by atoms with Crippen LogP contribution in [0.4, 0.5) is 0 Å². The van der Waals surface area contributed by atoms with Crippen molar-refractivity contribution in [1.82, 2.24) is 10.3 Å². The fourth-order valence-corrected chi connectivity index (χ4v) is 3.43. The number of aromatic nitrogens is 1. The van der Waals surface area contributed by atoms with Gasteiger partial charge >= 0.3 is 5.97 Å². The fraction of sp³-hybridized carbons (Fsp3) is 0.400. The Bertz CT molecular complexity index is 724. The van der Waals surface area contributed by atoms with E-state index in [9.17, 15) is 9.59 Å². The van der Waals surface area contributed by atoms with Crippen molar-refractivity contribution in [2.24, 2.45) is 5.73 Å². The Morgan fingerprint density at radius 1 is 1.55 bits per heavy atom. The SMILES string of the molecule is COC(=O)C(N)CNC(=O)c1cc2nccc(C3CC3)c2s1. The van der Waals surface area contributed by atoms with Crippen LogP contribution in [0.15, 0.2) is 18.3 Å². The Morgan fingerprint density at radius 3 is 3.00 bits per heavy atom. The summed E-state index contributed by atoms with van der Waals surface area (Å²) in [5.74, 6) is -0.189. The quantitative estimate of drug-likeness (QED) is 0.813. The summed E-state index contributed by atoms with van der Waals surface area (Å²) in [5.41, 5.74) is 7.73. The van der Waals surface area contributed by atoms with Gasteiger partial charge in [0.1, 0.15) is 6.04 Å². The standard InChI is InChI=1S/C15H17N3O3S/c1-21-15(20)10(16)7-18-14(19)12-6-11-13(22-12)9(4-5-17-11)8-2-3-8/h4-6,8,10H,2-3,7,16H2,1H3,(H,18,19). The highest BCUT2D eigenvalue weighted by molar-refractivity contribution is 7.21. The molecule has 0 saturated heterocycles. The maximum absolute atomic E-state index is 12.2. The first-order chi connectivity index (χ1) is 10.6. The number of amides is 1. The highest BCUT2D eigenvalue weighted by Gasteiger charge is 2.27. The molecule has 116 valence electrons. The molecule has 1 aliphatic carbocycles. The maximum atomic E-state index is 12.2. The summed E-state index contributed by atoms with van der Waals surface area (Å²) in [5, 5.41) is 2.66. The van der Waals surface area contributed by atoms with Crippen LogP contribution in [0, 0.1) is 0 Å². The van der Waals surface area contributed by atoms with Crippen LogP contribution >= 0.6 is 11.3 Å². The third-order valence-corrected chi connectivity index (χ3v) is 4.84. The van der Waals surface area contributed by atoms with Gasteiger partial charge in [-0.15, -0.1) is 11.3 Å². The van der Waals surface area contributed by atoms with Gasteiger partial charge in [0, 0.05) is 12.7 Å². The minimum atomic E-state index is -0.858. The number of carbonyl (C=O) groups is 2. The molecule has 3 rings (SSSR count). The minimum Gasteiger partial charge on any atom is -0.468 e. The summed E-state index contributed by atoms with van der Waals surface area (Å²) in [7, 11) is 1.26. The van der Waals surface area contributed by atoms with Crippen molar-refractivity contribution in [2.45, 2.75) is 24.8 Å². The van der Waals surface area contributed by atoms with Crippen molar-refractivity contribution in [3.05, 3.63) is 28.8 Å². The number of nitrogens with one attached hydrogen (secondary N) is 1. The van der Waals surface area contributed by atoms with Gasteiger partial charge in [-0.1, -0.05) is 0 Å². The van der Waals surface area contributed by atoms with E-state index in [1.165, 1.54) is 36.9 Å². The number of methoxy groups -OCH3 is 1. The second kappa shape index (κ2) is 6.02. The average Bonchev–Trinajstić information content (AvgIpc) is 3.28. The van der Waals surface area contributed by atoms with E-state index in [0.29, 0.717) is 10.8 Å². The number of nitrogens with zero attached hydrogens (tertiary/aromatic N) is 1. The van der Waals surface area contributed by atoms with Crippen molar-refractivity contribution in [3.8, 4) is 0 Å². The molecule has 3 N–H and O–H groups in total. The third-order valence-electron chi connectivity index (χ3n) is 3.67. The van der Waals surface area contributed by atoms with Gasteiger partial charge in [-0.3, -0.25) is 14.6 Å². The van der Waals surface area contributed by atoms with Gasteiger partial charge in [0.05, 0.1) is 22.2 Å². The first kappa shape index (κ1) is 14.9. The molecule has 1 amide bonds. The molecule has 0 bridgehead atoms. The van der Waals surface area contributed by atoms with Crippen LogP contribution < -0.4 is 11.1 Å². The van der Waals surface area contributed by atoms with E-state index in [0.717, 1.165) is 10.2 Å². The van der Waals surface area contributed by atoms with Crippen LogP contribution in [0.5, 0.6) is 0 Å². The minimum absolute atomic E-state index is 0.0443. The van der Waals surface area contributed by atoms with Gasteiger partial charge < -0.3 is 15.8 Å². The predicted octanol–water partition coefficient (Wildman–Crippen LogP) is 1.40. The largest absolute Gasteiger partial charge is 0.468 e. The summed E-state index contributed by atoms with van der Waals surface area (Å²) in [6.45, 7) is 0.0443. The van der Waals surface area contributed by atoms with Crippen LogP contribution in [0.1, 0.15) is 34.0 Å². The first-order valence-corrected chi connectivity index (χ1v) is 7.92. The first-order valence-electron chi connectivity index (χ1n) is 7.10. The summed E-state index contributed by atoms with van der Waals surface area (Å²) in [6, 6.07) is 2.96. The lowest BCUT2D eigenvalue weighted by atomic mass is 10.1. The van der Waals surface area contributed by atoms with Crippen LogP contribution in [-0.2, 0) is 9.53 Å². The molecule has 7 heteroatoms. The summed E-state index contributed by atoms with van der Waals surface area (Å²) in [4.78, 5) is 28.3. The van der Waals surface area contributed by atoms with Gasteiger partial charge in [0.25, 0.3) is 5.91 Å². The second-order valence-corrected chi connectivity index (χ2v) is 6.39. The summed E-state index contributed by atoms with van der Waals surface area (Å²) < 4.78 is 5.60. The van der Waals surface area contributed by atoms with E-state index < -0.39 is 12.0 Å². The molecular weight excluding hydrogens is 302 g/mol. The fourth-order valence-electron chi connectivity index (χ4n) is 2.31. The van der Waals surface area contributed by atoms with Gasteiger partial charge in [-0.2, -0.15) is 0 Å². The zero-order chi connectivity index (χ0) is 15.7. The lowest BCUT2D eigenvalue weighted by Crippen LogP contribution is -2.42. The predicted molar refractivity (Wildman–Crippen MR) is 83.9 cm³/mol. The van der Waals surface area contributed by atoms with E-state index in [4.69, 9.17) is 5.73 Å². The number of hydrogen-bond acceptors (Lipinski definition) is 6. The lowest BCUT2D eigenvalue weighted by Gasteiger charge is -2.09. The van der Waals surface area contributed by atoms with Crippen LogP contribution in [-0.4, -0.2) is 36.6 Å². The number of fused-ring (bicyclic) bond motifs is 1. The lowest BCUT2D eigenvalue weighted by molar-refractivity contribution is -0.141. The highest BCUT2D eigenvalue weighted by atomic mass is 32.1. The molecule has 0 radical (unpaired) electrons. The van der Waals surface area contributed by atoms with Crippen molar-refractivity contribution in [1.29, 1.82) is 0 Å². The number of esters is 1. The molecule has 1 saturated carbocycles. The van der Waals surface area contributed by atoms with Gasteiger partial charge in [-0.25, -0.2) is 0 Å². The van der Waals surface area contributed by atoms with E-state index in [1.807, 2.05) is 6.07 Å². The van der Waals surface area contributed by atoms with Crippen LogP contribution in [0.3, 0.4) is 0 Å². The van der Waals surface area contributed by atoms with Crippen molar-refractivity contribution >= 4 is 33.4 Å². The normalized spacial score (nSPS) is 15.5. The Kier molecular flexibility index (Phi) is 4.08. The number of thiophene rings is 1. The molecule has 2 aromatic rings. The zero-order valence-electron chi connectivity index (χ0n) is 12.2. The highest BCUT2D eigenvalue weighted by Crippen LogP contribution is 2.44. The molecule has 22 heavy (non-hydrogen) atoms. The Labute approximate surface area is 131 Å². The van der Waals surface area contributed by atoms with E-state index in [-0.39, 0.29) is 12.5 Å². The molecule has 6 nitrogen and oxygen atoms in total. The molecule has 2 heterocycles. The summed E-state index contributed by atoms with van der Waals surface area (Å²) in [6.07, 6.45) is 4.19. The monoisotopic (exact) mass is 319 g/mol. The van der Waals surface area contributed by atoms with Gasteiger partial charge in [-0.05, 0) is 36.5 Å². The average molecular weight is 319 g/mol. The maximum Gasteiger partial charge on any atom is 0.324 e. The molecule has 0 aromatic carbocycles. The Hall–Kier alpha value is -1.99. The molecule has 1 atom stereocenters. The van der Waals surface area contributed by atoms with Crippen molar-refractivity contribution < 1.29 is 14.3 Å². The number of nitrogens with two attached hydrogens (primary N) is 1. The van der Waals surface area contributed by atoms with E-state index in [2.05, 4.69) is 15.0 Å². The molecule has 1 fully saturated rings. The van der Waals surface area contributed by atoms with E-state index >= 15 is 0 Å². The summed E-state index contributed by atoms with van der Waals surface area (Å²) >= 11 is 1.43. The Balaban J connectivity index is 1.74.